The van der Waals surface area contributed by atoms with Gasteiger partial charge in [0, 0.05) is 23.7 Å². The Morgan fingerprint density at radius 1 is 1.07 bits per heavy atom. The molecule has 6 heteroatoms. The van der Waals surface area contributed by atoms with Gasteiger partial charge in [0.1, 0.15) is 5.75 Å². The van der Waals surface area contributed by atoms with E-state index in [0.29, 0.717) is 22.7 Å². The number of nitrogens with one attached hydrogen (secondary N) is 2. The molecule has 3 aromatic rings. The van der Waals surface area contributed by atoms with E-state index in [1.807, 2.05) is 24.3 Å². The molecule has 0 radical (unpaired) electrons. The van der Waals surface area contributed by atoms with Crippen LogP contribution in [0.1, 0.15) is 35.0 Å². The van der Waals surface area contributed by atoms with E-state index in [1.165, 1.54) is 6.92 Å². The van der Waals surface area contributed by atoms with Gasteiger partial charge in [0.15, 0.2) is 0 Å². The van der Waals surface area contributed by atoms with Crippen LogP contribution in [0.4, 0.5) is 11.4 Å². The van der Waals surface area contributed by atoms with Crippen LogP contribution in [0.2, 0.25) is 0 Å². The number of carbonyl (C=O) groups is 2. The maximum absolute atomic E-state index is 13.3. The van der Waals surface area contributed by atoms with Crippen LogP contribution in [0.3, 0.4) is 0 Å². The van der Waals surface area contributed by atoms with E-state index in [0.717, 1.165) is 41.4 Å². The van der Waals surface area contributed by atoms with Crippen molar-refractivity contribution in [2.75, 3.05) is 17.7 Å². The first kappa shape index (κ1) is 18.0. The van der Waals surface area contributed by atoms with Crippen LogP contribution in [0.5, 0.6) is 5.75 Å². The number of methoxy groups -OCH3 is 1. The molecule has 0 saturated heterocycles. The van der Waals surface area contributed by atoms with Gasteiger partial charge < -0.3 is 15.4 Å². The number of aromatic nitrogens is 1. The number of carbonyl (C=O) groups excluding carboxylic acids is 2. The number of rotatable bonds is 4. The van der Waals surface area contributed by atoms with Crippen LogP contribution in [0.15, 0.2) is 42.5 Å². The summed E-state index contributed by atoms with van der Waals surface area (Å²) < 4.78 is 5.38. The number of pyridine rings is 1. The van der Waals surface area contributed by atoms with Crippen molar-refractivity contribution >= 4 is 34.1 Å². The van der Waals surface area contributed by atoms with Gasteiger partial charge in [-0.3, -0.25) is 14.6 Å². The third-order valence-electron chi connectivity index (χ3n) is 4.91. The maximum atomic E-state index is 13.3. The van der Waals surface area contributed by atoms with Crippen LogP contribution < -0.4 is 15.4 Å². The van der Waals surface area contributed by atoms with Gasteiger partial charge in [-0.1, -0.05) is 18.2 Å². The van der Waals surface area contributed by atoms with Crippen molar-refractivity contribution in [3.05, 3.63) is 59.3 Å². The smallest absolute Gasteiger partial charge is 0.256 e. The Labute approximate surface area is 162 Å². The fourth-order valence-electron chi connectivity index (χ4n) is 3.74. The molecule has 1 aliphatic rings. The lowest BCUT2D eigenvalue weighted by atomic mass is 10.0. The number of aryl methyl sites for hydroxylation is 1. The predicted molar refractivity (Wildman–Crippen MR) is 109 cm³/mol. The molecule has 6 nitrogen and oxygen atoms in total. The largest absolute Gasteiger partial charge is 0.495 e. The average molecular weight is 375 g/mol. The Kier molecular flexibility index (Phi) is 4.69. The molecule has 4 rings (SSSR count). The number of ether oxygens (including phenoxy) is 1. The van der Waals surface area contributed by atoms with Gasteiger partial charge in [0.25, 0.3) is 5.91 Å². The van der Waals surface area contributed by atoms with E-state index >= 15 is 0 Å². The number of benzene rings is 2. The van der Waals surface area contributed by atoms with Crippen LogP contribution in [-0.4, -0.2) is 23.9 Å². The highest BCUT2D eigenvalue weighted by Gasteiger charge is 2.24. The SMILES string of the molecule is COc1ccc(NC(C)=O)cc1NC(=O)c1c2c(nc3ccccc13)CCC2. The fraction of sp³-hybridized carbons (Fsp3) is 0.227. The van der Waals surface area contributed by atoms with E-state index in [9.17, 15) is 9.59 Å². The molecule has 0 spiro atoms. The Morgan fingerprint density at radius 2 is 1.89 bits per heavy atom. The van der Waals surface area contributed by atoms with E-state index in [1.54, 1.807) is 25.3 Å². The first-order valence-electron chi connectivity index (χ1n) is 9.24. The van der Waals surface area contributed by atoms with E-state index in [4.69, 9.17) is 9.72 Å². The van der Waals surface area contributed by atoms with Crippen LogP contribution in [0, 0.1) is 0 Å². The molecule has 0 fully saturated rings. The lowest BCUT2D eigenvalue weighted by Crippen LogP contribution is -2.16. The minimum atomic E-state index is -0.199. The molecule has 2 amide bonds. The zero-order valence-electron chi connectivity index (χ0n) is 15.8. The van der Waals surface area contributed by atoms with Crippen molar-refractivity contribution in [3.63, 3.8) is 0 Å². The molecule has 142 valence electrons. The molecule has 1 aromatic heterocycles. The van der Waals surface area contributed by atoms with Crippen LogP contribution >= 0.6 is 0 Å². The van der Waals surface area contributed by atoms with Crippen LogP contribution in [-0.2, 0) is 17.6 Å². The second-order valence-corrected chi connectivity index (χ2v) is 6.83. The first-order chi connectivity index (χ1) is 13.6. The van der Waals surface area contributed by atoms with Gasteiger partial charge in [-0.2, -0.15) is 0 Å². The number of hydrogen-bond acceptors (Lipinski definition) is 4. The summed E-state index contributed by atoms with van der Waals surface area (Å²) >= 11 is 0. The number of fused-ring (bicyclic) bond motifs is 2. The summed E-state index contributed by atoms with van der Waals surface area (Å²) in [6.07, 6.45) is 2.74. The summed E-state index contributed by atoms with van der Waals surface area (Å²) in [5.74, 6) is 0.146. The van der Waals surface area contributed by atoms with Gasteiger partial charge in [0.05, 0.1) is 23.9 Å². The monoisotopic (exact) mass is 375 g/mol. The van der Waals surface area contributed by atoms with Crippen molar-refractivity contribution in [1.82, 2.24) is 4.98 Å². The summed E-state index contributed by atoms with van der Waals surface area (Å²) in [6, 6.07) is 12.9. The summed E-state index contributed by atoms with van der Waals surface area (Å²) in [7, 11) is 1.54. The molecule has 0 aliphatic heterocycles. The summed E-state index contributed by atoms with van der Waals surface area (Å²) in [5, 5.41) is 6.54. The lowest BCUT2D eigenvalue weighted by molar-refractivity contribution is -0.114. The van der Waals surface area contributed by atoms with Gasteiger partial charge >= 0.3 is 0 Å². The highest BCUT2D eigenvalue weighted by atomic mass is 16.5. The third-order valence-corrected chi connectivity index (χ3v) is 4.91. The summed E-state index contributed by atoms with van der Waals surface area (Å²) in [5.41, 5.74) is 4.62. The summed E-state index contributed by atoms with van der Waals surface area (Å²) in [4.78, 5) is 29.4. The van der Waals surface area contributed by atoms with E-state index in [2.05, 4.69) is 10.6 Å². The number of nitrogens with zero attached hydrogens (tertiary/aromatic N) is 1. The van der Waals surface area contributed by atoms with Gasteiger partial charge in [-0.05, 0) is 49.1 Å². The van der Waals surface area contributed by atoms with Gasteiger partial charge in [-0.25, -0.2) is 0 Å². The number of hydrogen-bond donors (Lipinski definition) is 2. The minimum absolute atomic E-state index is 0.180. The van der Waals surface area contributed by atoms with E-state index < -0.39 is 0 Å². The number of anilines is 2. The second-order valence-electron chi connectivity index (χ2n) is 6.83. The van der Waals surface area contributed by atoms with Crippen molar-refractivity contribution in [3.8, 4) is 5.75 Å². The van der Waals surface area contributed by atoms with Crippen molar-refractivity contribution in [2.24, 2.45) is 0 Å². The quantitative estimate of drug-likeness (QED) is 0.724. The van der Waals surface area contributed by atoms with Crippen molar-refractivity contribution in [2.45, 2.75) is 26.2 Å². The molecule has 0 saturated carbocycles. The Bertz CT molecular complexity index is 1090. The Hall–Kier alpha value is -3.41. The zero-order chi connectivity index (χ0) is 19.7. The number of amides is 2. The van der Waals surface area contributed by atoms with Crippen LogP contribution in [0.25, 0.3) is 10.9 Å². The fourth-order valence-corrected chi connectivity index (χ4v) is 3.74. The van der Waals surface area contributed by atoms with Gasteiger partial charge in [0.2, 0.25) is 5.91 Å². The molecular formula is C22H21N3O3. The molecule has 0 atom stereocenters. The molecule has 1 aliphatic carbocycles. The van der Waals surface area contributed by atoms with Crippen molar-refractivity contribution < 1.29 is 14.3 Å². The van der Waals surface area contributed by atoms with E-state index in [-0.39, 0.29) is 11.8 Å². The highest BCUT2D eigenvalue weighted by Crippen LogP contribution is 2.33. The molecule has 0 unspecified atom stereocenters. The lowest BCUT2D eigenvalue weighted by Gasteiger charge is -2.15. The predicted octanol–water partition coefficient (Wildman–Crippen LogP) is 3.94. The van der Waals surface area contributed by atoms with Gasteiger partial charge in [-0.15, -0.1) is 0 Å². The summed E-state index contributed by atoms with van der Waals surface area (Å²) in [6.45, 7) is 1.44. The number of para-hydroxylation sites is 1. The van der Waals surface area contributed by atoms with Crippen molar-refractivity contribution in [1.29, 1.82) is 0 Å². The average Bonchev–Trinajstić information content (AvgIpc) is 3.13. The standard InChI is InChI=1S/C22H21N3O3/c1-13(26)23-14-10-11-20(28-2)19(12-14)25-22(27)21-15-6-3-4-8-17(15)24-18-9-5-7-16(18)21/h3-4,6,8,10-12H,5,7,9H2,1-2H3,(H,23,26)(H,25,27). The molecule has 2 N–H and O–H groups in total. The molecule has 2 aromatic carbocycles. The Balaban J connectivity index is 1.77. The molecular weight excluding hydrogens is 354 g/mol. The molecule has 1 heterocycles. The molecule has 28 heavy (non-hydrogen) atoms. The first-order valence-corrected chi connectivity index (χ1v) is 9.24. The topological polar surface area (TPSA) is 80.3 Å². The third kappa shape index (κ3) is 3.29. The maximum Gasteiger partial charge on any atom is 0.256 e. The molecule has 0 bridgehead atoms. The zero-order valence-corrected chi connectivity index (χ0v) is 15.8. The second kappa shape index (κ2) is 7.31. The normalized spacial score (nSPS) is 12.5. The Morgan fingerprint density at radius 3 is 2.68 bits per heavy atom. The highest BCUT2D eigenvalue weighted by molar-refractivity contribution is 6.14. The minimum Gasteiger partial charge on any atom is -0.495 e.